The lowest BCUT2D eigenvalue weighted by molar-refractivity contribution is 1.51. The average molecular weight is 229 g/mol. The van der Waals surface area contributed by atoms with E-state index in [-0.39, 0.29) is 0 Å². The molecule has 0 saturated heterocycles. The Labute approximate surface area is 95.2 Å². The normalized spacial score (nSPS) is 11.7. The Bertz CT molecular complexity index is 481. The number of rotatable bonds is 2. The fourth-order valence-electron chi connectivity index (χ4n) is 1.25. The predicted octanol–water partition coefficient (Wildman–Crippen LogP) is 4.37. The highest BCUT2D eigenvalue weighted by molar-refractivity contribution is 7.34. The first kappa shape index (κ1) is 10.8. The first-order valence-electron chi connectivity index (χ1n) is 4.93. The van der Waals surface area contributed by atoms with E-state index in [9.17, 15) is 0 Å². The minimum Gasteiger partial charge on any atom is -0.259 e. The van der Waals surface area contributed by atoms with E-state index in [2.05, 4.69) is 9.49 Å². The van der Waals surface area contributed by atoms with Gasteiger partial charge in [-0.1, -0.05) is 36.4 Å². The third kappa shape index (κ3) is 3.16. The van der Waals surface area contributed by atoms with Crippen molar-refractivity contribution in [2.75, 3.05) is 0 Å². The molecule has 0 spiro atoms. The van der Waals surface area contributed by atoms with E-state index >= 15 is 0 Å². The molecule has 0 unspecified atom stereocenters. The molecule has 80 valence electrons. The Kier molecular flexibility index (Phi) is 3.65. The summed E-state index contributed by atoms with van der Waals surface area (Å²) in [7, 11) is -1.18. The number of nitrogens with zero attached hydrogens (tertiary/aromatic N) is 2. The van der Waals surface area contributed by atoms with Crippen LogP contribution in [0.25, 0.3) is 0 Å². The van der Waals surface area contributed by atoms with E-state index in [1.54, 1.807) is 0 Å². The maximum Gasteiger partial charge on any atom is 0.142 e. The molecule has 0 aliphatic carbocycles. The van der Waals surface area contributed by atoms with Crippen LogP contribution in [-0.4, -0.2) is 0 Å². The second-order valence-electron chi connectivity index (χ2n) is 3.19. The predicted molar refractivity (Wildman–Crippen MR) is 68.2 cm³/mol. The van der Waals surface area contributed by atoms with Crippen LogP contribution in [-0.2, 0) is 0 Å². The van der Waals surface area contributed by atoms with Crippen LogP contribution in [0.15, 0.2) is 70.2 Å². The molecule has 0 saturated carbocycles. The van der Waals surface area contributed by atoms with E-state index in [1.165, 1.54) is 0 Å². The van der Waals surface area contributed by atoms with E-state index in [1.807, 2.05) is 60.7 Å². The van der Waals surface area contributed by atoms with Gasteiger partial charge in [-0.15, -0.1) is 0 Å². The monoisotopic (exact) mass is 229 g/mol. The van der Waals surface area contributed by atoms with Crippen LogP contribution in [0, 0.1) is 0 Å². The SMILES string of the molecule is NP(=Nc1ccccc1)=Nc1ccccc1. The maximum absolute atomic E-state index is 5.87. The number of hydrogen-bond acceptors (Lipinski definition) is 2. The number of hydrogen-bond donors (Lipinski definition) is 1. The second-order valence-corrected chi connectivity index (χ2v) is 4.23. The zero-order chi connectivity index (χ0) is 11.2. The van der Waals surface area contributed by atoms with Crippen LogP contribution in [0.1, 0.15) is 0 Å². The van der Waals surface area contributed by atoms with Gasteiger partial charge in [0.25, 0.3) is 0 Å². The molecule has 0 amide bonds. The van der Waals surface area contributed by atoms with Crippen molar-refractivity contribution < 1.29 is 0 Å². The molecule has 0 atom stereocenters. The highest BCUT2D eigenvalue weighted by Crippen LogP contribution is 2.23. The van der Waals surface area contributed by atoms with Crippen molar-refractivity contribution in [3.8, 4) is 0 Å². The van der Waals surface area contributed by atoms with E-state index < -0.39 is 7.66 Å². The van der Waals surface area contributed by atoms with Gasteiger partial charge in [-0.25, -0.2) is 9.49 Å². The lowest BCUT2D eigenvalue weighted by Crippen LogP contribution is -1.69. The third-order valence-electron chi connectivity index (χ3n) is 1.95. The molecule has 0 aliphatic rings. The Morgan fingerprint density at radius 3 is 1.44 bits per heavy atom. The standard InChI is InChI=1S/C12H12N3P/c13-16(14-11-7-3-1-4-8-11)15-12-9-5-2-6-10-12/h1-10H,(H2,13,14,15). The quantitative estimate of drug-likeness (QED) is 0.763. The summed E-state index contributed by atoms with van der Waals surface area (Å²) >= 11 is 0. The van der Waals surface area contributed by atoms with E-state index in [0.717, 1.165) is 11.4 Å². The van der Waals surface area contributed by atoms with Gasteiger partial charge in [-0.3, -0.25) is 5.50 Å². The lowest BCUT2D eigenvalue weighted by atomic mass is 10.3. The Hall–Kier alpha value is -1.70. The topological polar surface area (TPSA) is 50.7 Å². The van der Waals surface area contributed by atoms with Crippen molar-refractivity contribution in [1.82, 2.24) is 0 Å². The summed E-state index contributed by atoms with van der Waals surface area (Å²) < 4.78 is 8.66. The van der Waals surface area contributed by atoms with Gasteiger partial charge in [-0.2, -0.15) is 0 Å². The van der Waals surface area contributed by atoms with Crippen molar-refractivity contribution in [2.45, 2.75) is 0 Å². The molecule has 0 aromatic heterocycles. The van der Waals surface area contributed by atoms with Crippen molar-refractivity contribution >= 4 is 19.0 Å². The summed E-state index contributed by atoms with van der Waals surface area (Å²) in [6.07, 6.45) is 0. The second kappa shape index (κ2) is 5.40. The van der Waals surface area contributed by atoms with Gasteiger partial charge >= 0.3 is 0 Å². The molecule has 2 N–H and O–H groups in total. The van der Waals surface area contributed by atoms with Gasteiger partial charge in [0.2, 0.25) is 0 Å². The zero-order valence-corrected chi connectivity index (χ0v) is 9.59. The van der Waals surface area contributed by atoms with E-state index in [0.29, 0.717) is 0 Å². The zero-order valence-electron chi connectivity index (χ0n) is 8.69. The molecular formula is C12H12N3P. The summed E-state index contributed by atoms with van der Waals surface area (Å²) in [5.74, 6) is 0. The molecule has 0 aliphatic heterocycles. The molecule has 16 heavy (non-hydrogen) atoms. The molecule has 2 aromatic rings. The van der Waals surface area contributed by atoms with Crippen molar-refractivity contribution in [3.05, 3.63) is 60.7 Å². The lowest BCUT2D eigenvalue weighted by Gasteiger charge is -1.92. The average Bonchev–Trinajstić information content (AvgIpc) is 2.31. The Morgan fingerprint density at radius 1 is 0.688 bits per heavy atom. The minimum atomic E-state index is -1.18. The first-order valence-corrected chi connectivity index (χ1v) is 6.24. The van der Waals surface area contributed by atoms with Crippen molar-refractivity contribution in [2.24, 2.45) is 15.0 Å². The van der Waals surface area contributed by atoms with Crippen LogP contribution in [0.4, 0.5) is 11.4 Å². The molecule has 4 heteroatoms. The molecule has 2 aromatic carbocycles. The van der Waals surface area contributed by atoms with Gasteiger partial charge in [0.15, 0.2) is 0 Å². The molecule has 2 rings (SSSR count). The van der Waals surface area contributed by atoms with Crippen LogP contribution in [0.5, 0.6) is 0 Å². The van der Waals surface area contributed by atoms with Crippen LogP contribution < -0.4 is 5.50 Å². The molecule has 0 heterocycles. The number of nitrogens with two attached hydrogens (primary N) is 1. The van der Waals surface area contributed by atoms with Crippen LogP contribution >= 0.6 is 7.66 Å². The summed E-state index contributed by atoms with van der Waals surface area (Å²) in [6.45, 7) is 0. The molecule has 0 fully saturated rings. The third-order valence-corrected chi connectivity index (χ3v) is 2.82. The van der Waals surface area contributed by atoms with E-state index in [4.69, 9.17) is 5.50 Å². The Balaban J connectivity index is 2.29. The first-order chi connectivity index (χ1) is 7.84. The molecule has 0 radical (unpaired) electrons. The molecular weight excluding hydrogens is 217 g/mol. The van der Waals surface area contributed by atoms with Gasteiger partial charge < -0.3 is 0 Å². The highest BCUT2D eigenvalue weighted by atomic mass is 31.1. The van der Waals surface area contributed by atoms with Crippen molar-refractivity contribution in [3.63, 3.8) is 0 Å². The summed E-state index contributed by atoms with van der Waals surface area (Å²) in [4.78, 5) is 0. The smallest absolute Gasteiger partial charge is 0.142 e. The molecule has 0 bridgehead atoms. The molecule has 3 nitrogen and oxygen atoms in total. The largest absolute Gasteiger partial charge is 0.259 e. The minimum absolute atomic E-state index is 0.871. The maximum atomic E-state index is 5.87. The van der Waals surface area contributed by atoms with Crippen LogP contribution in [0.3, 0.4) is 0 Å². The van der Waals surface area contributed by atoms with Gasteiger partial charge in [0.1, 0.15) is 7.66 Å². The van der Waals surface area contributed by atoms with Gasteiger partial charge in [0.05, 0.1) is 11.4 Å². The van der Waals surface area contributed by atoms with Crippen molar-refractivity contribution in [1.29, 1.82) is 0 Å². The van der Waals surface area contributed by atoms with Gasteiger partial charge in [-0.05, 0) is 24.3 Å². The van der Waals surface area contributed by atoms with Gasteiger partial charge in [0, 0.05) is 0 Å². The number of benzene rings is 2. The van der Waals surface area contributed by atoms with Crippen LogP contribution in [0.2, 0.25) is 0 Å². The summed E-state index contributed by atoms with van der Waals surface area (Å²) in [6, 6.07) is 19.3. The Morgan fingerprint density at radius 2 is 1.06 bits per heavy atom. The highest BCUT2D eigenvalue weighted by Gasteiger charge is 1.87. The fraction of sp³-hybridized carbons (Fsp3) is 0. The summed E-state index contributed by atoms with van der Waals surface area (Å²) in [5, 5.41) is 0. The summed E-state index contributed by atoms with van der Waals surface area (Å²) in [5.41, 5.74) is 7.61. The fourth-order valence-corrected chi connectivity index (χ4v) is 2.03.